The molecule has 0 amide bonds. The first-order valence-electron chi connectivity index (χ1n) is 6.93. The number of rotatable bonds is 1. The van der Waals surface area contributed by atoms with Gasteiger partial charge in [-0.1, -0.05) is 50.2 Å². The van der Waals surface area contributed by atoms with Crippen LogP contribution in [0.2, 0.25) is 0 Å². The Morgan fingerprint density at radius 3 is 2.55 bits per heavy atom. The summed E-state index contributed by atoms with van der Waals surface area (Å²) in [6.45, 7) is 4.50. The lowest BCUT2D eigenvalue weighted by Crippen LogP contribution is -2.26. The molecule has 20 heavy (non-hydrogen) atoms. The van der Waals surface area contributed by atoms with Crippen LogP contribution in [0.1, 0.15) is 25.0 Å². The zero-order valence-corrected chi connectivity index (χ0v) is 11.6. The van der Waals surface area contributed by atoms with Crippen LogP contribution in [0.3, 0.4) is 0 Å². The van der Waals surface area contributed by atoms with Gasteiger partial charge in [0, 0.05) is 28.1 Å². The standard InChI is InChI=1S/C18H16N2/c1-18(2)14-8-4-6-10-16(14)20-17(18)13-11-19-15-9-5-3-7-12(13)15/h3-11,19H,1-2H3. The number of nitrogens with zero attached hydrogens (tertiary/aromatic N) is 1. The monoisotopic (exact) mass is 260 g/mol. The highest BCUT2D eigenvalue weighted by molar-refractivity contribution is 6.18. The molecule has 3 aromatic rings. The van der Waals surface area contributed by atoms with Crippen molar-refractivity contribution in [2.24, 2.45) is 4.99 Å². The molecule has 1 N–H and O–H groups in total. The Morgan fingerprint density at radius 1 is 0.950 bits per heavy atom. The molecule has 1 aliphatic heterocycles. The van der Waals surface area contributed by atoms with Gasteiger partial charge in [-0.15, -0.1) is 0 Å². The summed E-state index contributed by atoms with van der Waals surface area (Å²) in [6.07, 6.45) is 2.08. The highest BCUT2D eigenvalue weighted by Gasteiger charge is 2.36. The molecule has 0 unspecified atom stereocenters. The number of fused-ring (bicyclic) bond motifs is 2. The first-order chi connectivity index (χ1) is 9.68. The van der Waals surface area contributed by atoms with Crippen molar-refractivity contribution >= 4 is 22.3 Å². The topological polar surface area (TPSA) is 28.1 Å². The average molecular weight is 260 g/mol. The number of nitrogens with one attached hydrogen (secondary N) is 1. The van der Waals surface area contributed by atoms with E-state index in [-0.39, 0.29) is 5.41 Å². The van der Waals surface area contributed by atoms with Crippen molar-refractivity contribution in [2.75, 3.05) is 0 Å². The van der Waals surface area contributed by atoms with E-state index in [2.05, 4.69) is 73.6 Å². The summed E-state index contributed by atoms with van der Waals surface area (Å²) in [4.78, 5) is 8.24. The Kier molecular flexibility index (Phi) is 2.19. The maximum absolute atomic E-state index is 4.89. The molecular weight excluding hydrogens is 244 g/mol. The van der Waals surface area contributed by atoms with Crippen molar-refractivity contribution < 1.29 is 0 Å². The maximum Gasteiger partial charge on any atom is 0.0675 e. The van der Waals surface area contributed by atoms with E-state index in [1.165, 1.54) is 16.5 Å². The summed E-state index contributed by atoms with van der Waals surface area (Å²) in [5, 5.41) is 1.24. The highest BCUT2D eigenvalue weighted by atomic mass is 14.8. The van der Waals surface area contributed by atoms with Gasteiger partial charge in [0.2, 0.25) is 0 Å². The molecule has 2 nitrogen and oxygen atoms in total. The Hall–Kier alpha value is -2.35. The third-order valence-corrected chi connectivity index (χ3v) is 4.25. The van der Waals surface area contributed by atoms with Crippen molar-refractivity contribution in [1.29, 1.82) is 0 Å². The molecule has 0 saturated carbocycles. The second kappa shape index (κ2) is 3.83. The minimum Gasteiger partial charge on any atom is -0.360 e. The molecule has 0 fully saturated rings. The van der Waals surface area contributed by atoms with Gasteiger partial charge in [-0.2, -0.15) is 0 Å². The van der Waals surface area contributed by atoms with Gasteiger partial charge in [0.1, 0.15) is 0 Å². The smallest absolute Gasteiger partial charge is 0.0675 e. The summed E-state index contributed by atoms with van der Waals surface area (Å²) < 4.78 is 0. The maximum atomic E-state index is 4.89. The number of aliphatic imine (C=N–C) groups is 1. The number of aromatic amines is 1. The molecule has 0 bridgehead atoms. The normalized spacial score (nSPS) is 16.2. The highest BCUT2D eigenvalue weighted by Crippen LogP contribution is 2.42. The largest absolute Gasteiger partial charge is 0.360 e. The fraction of sp³-hybridized carbons (Fsp3) is 0.167. The Labute approximate surface area is 118 Å². The molecular formula is C18H16N2. The fourth-order valence-corrected chi connectivity index (χ4v) is 3.15. The second-order valence-corrected chi connectivity index (χ2v) is 5.85. The predicted molar refractivity (Wildman–Crippen MR) is 84.0 cm³/mol. The lowest BCUT2D eigenvalue weighted by atomic mass is 9.79. The van der Waals surface area contributed by atoms with Gasteiger partial charge in [-0.25, -0.2) is 0 Å². The molecule has 2 heteroatoms. The quantitative estimate of drug-likeness (QED) is 0.663. The first-order valence-corrected chi connectivity index (χ1v) is 6.93. The molecule has 98 valence electrons. The van der Waals surface area contributed by atoms with Gasteiger partial charge < -0.3 is 4.98 Å². The molecule has 0 spiro atoms. The van der Waals surface area contributed by atoms with Crippen LogP contribution in [0.25, 0.3) is 10.9 Å². The van der Waals surface area contributed by atoms with Crippen molar-refractivity contribution in [3.63, 3.8) is 0 Å². The van der Waals surface area contributed by atoms with Gasteiger partial charge in [-0.05, 0) is 17.7 Å². The van der Waals surface area contributed by atoms with E-state index in [1.807, 2.05) is 0 Å². The van der Waals surface area contributed by atoms with Gasteiger partial charge in [0.05, 0.1) is 11.4 Å². The molecule has 1 aromatic heterocycles. The van der Waals surface area contributed by atoms with Crippen LogP contribution in [0, 0.1) is 0 Å². The predicted octanol–water partition coefficient (Wildman–Crippen LogP) is 4.58. The Balaban J connectivity index is 1.97. The number of para-hydroxylation sites is 2. The molecule has 1 aliphatic rings. The van der Waals surface area contributed by atoms with E-state index >= 15 is 0 Å². The molecule has 4 rings (SSSR count). The molecule has 0 radical (unpaired) electrons. The van der Waals surface area contributed by atoms with Crippen molar-refractivity contribution in [3.8, 4) is 0 Å². The summed E-state index contributed by atoms with van der Waals surface area (Å²) in [6, 6.07) is 16.8. The summed E-state index contributed by atoms with van der Waals surface area (Å²) in [5.74, 6) is 0. The van der Waals surface area contributed by atoms with E-state index in [0.717, 1.165) is 16.9 Å². The van der Waals surface area contributed by atoms with Crippen LogP contribution in [-0.2, 0) is 5.41 Å². The van der Waals surface area contributed by atoms with Crippen molar-refractivity contribution in [2.45, 2.75) is 19.3 Å². The van der Waals surface area contributed by atoms with Crippen LogP contribution in [0.5, 0.6) is 0 Å². The SMILES string of the molecule is CC1(C)C(c2c[nH]c3ccccc23)=Nc2ccccc21. The lowest BCUT2D eigenvalue weighted by Gasteiger charge is -2.22. The Morgan fingerprint density at radius 2 is 1.70 bits per heavy atom. The molecule has 0 saturated heterocycles. The number of hydrogen-bond acceptors (Lipinski definition) is 1. The van der Waals surface area contributed by atoms with E-state index in [4.69, 9.17) is 4.99 Å². The van der Waals surface area contributed by atoms with E-state index < -0.39 is 0 Å². The van der Waals surface area contributed by atoms with Crippen LogP contribution in [0.4, 0.5) is 5.69 Å². The molecule has 2 heterocycles. The molecule has 2 aromatic carbocycles. The summed E-state index contributed by atoms with van der Waals surface area (Å²) >= 11 is 0. The molecule has 0 aliphatic carbocycles. The molecule has 0 atom stereocenters. The minimum atomic E-state index is -0.0540. The average Bonchev–Trinajstić information content (AvgIpc) is 2.98. The van der Waals surface area contributed by atoms with Gasteiger partial charge in [-0.3, -0.25) is 4.99 Å². The third kappa shape index (κ3) is 1.42. The van der Waals surface area contributed by atoms with E-state index in [1.54, 1.807) is 0 Å². The Bertz CT molecular complexity index is 837. The van der Waals surface area contributed by atoms with Gasteiger partial charge in [0.25, 0.3) is 0 Å². The summed E-state index contributed by atoms with van der Waals surface area (Å²) in [5.41, 5.74) is 5.87. The zero-order chi connectivity index (χ0) is 13.7. The number of H-pyrrole nitrogens is 1. The second-order valence-electron chi connectivity index (χ2n) is 5.85. The third-order valence-electron chi connectivity index (χ3n) is 4.25. The van der Waals surface area contributed by atoms with Gasteiger partial charge >= 0.3 is 0 Å². The first kappa shape index (κ1) is 11.5. The summed E-state index contributed by atoms with van der Waals surface area (Å²) in [7, 11) is 0. The minimum absolute atomic E-state index is 0.0540. The van der Waals surface area contributed by atoms with E-state index in [9.17, 15) is 0 Å². The lowest BCUT2D eigenvalue weighted by molar-refractivity contribution is 0.738. The number of aromatic nitrogens is 1. The zero-order valence-electron chi connectivity index (χ0n) is 11.6. The van der Waals surface area contributed by atoms with Crippen LogP contribution < -0.4 is 0 Å². The number of benzene rings is 2. The van der Waals surface area contributed by atoms with E-state index in [0.29, 0.717) is 0 Å². The van der Waals surface area contributed by atoms with Crippen LogP contribution >= 0.6 is 0 Å². The van der Waals surface area contributed by atoms with Crippen molar-refractivity contribution in [1.82, 2.24) is 4.98 Å². The number of hydrogen-bond donors (Lipinski definition) is 1. The van der Waals surface area contributed by atoms with Crippen molar-refractivity contribution in [3.05, 3.63) is 65.9 Å². The van der Waals surface area contributed by atoms with Crippen LogP contribution in [0.15, 0.2) is 59.7 Å². The van der Waals surface area contributed by atoms with Crippen LogP contribution in [-0.4, -0.2) is 10.7 Å². The van der Waals surface area contributed by atoms with Gasteiger partial charge in [0.15, 0.2) is 0 Å². The fourth-order valence-electron chi connectivity index (χ4n) is 3.15.